The first-order valence-corrected chi connectivity index (χ1v) is 6.84. The minimum Gasteiger partial charge on any atom is -0.368 e. The van der Waals surface area contributed by atoms with Crippen LogP contribution in [0.3, 0.4) is 0 Å². The molecule has 1 amide bonds. The van der Waals surface area contributed by atoms with Crippen molar-refractivity contribution in [2.45, 2.75) is 13.3 Å². The molecule has 2 rings (SSSR count). The van der Waals surface area contributed by atoms with Gasteiger partial charge in [-0.05, 0) is 12.5 Å². The molecule has 6 nitrogen and oxygen atoms in total. The summed E-state index contributed by atoms with van der Waals surface area (Å²) in [5, 5.41) is 3.90. The van der Waals surface area contributed by atoms with Crippen LogP contribution >= 0.6 is 11.3 Å². The first-order valence-electron chi connectivity index (χ1n) is 6.02. The highest BCUT2D eigenvalue weighted by molar-refractivity contribution is 7.18. The molecule has 3 N–H and O–H groups in total. The summed E-state index contributed by atoms with van der Waals surface area (Å²) in [5.41, 5.74) is 5.24. The fourth-order valence-corrected chi connectivity index (χ4v) is 2.80. The second kappa shape index (κ2) is 5.40. The third kappa shape index (κ3) is 2.76. The summed E-state index contributed by atoms with van der Waals surface area (Å²) in [7, 11) is 3.57. The smallest absolute Gasteiger partial charge is 0.236 e. The Morgan fingerprint density at radius 1 is 1.53 bits per heavy atom. The fraction of sp³-hybridized carbons (Fsp3) is 0.417. The van der Waals surface area contributed by atoms with Crippen molar-refractivity contribution in [2.75, 3.05) is 30.9 Å². The predicted molar refractivity (Wildman–Crippen MR) is 78.8 cm³/mol. The minimum absolute atomic E-state index is 0.132. The van der Waals surface area contributed by atoms with E-state index in [1.807, 2.05) is 0 Å². The van der Waals surface area contributed by atoms with Gasteiger partial charge in [0.1, 0.15) is 10.6 Å². The van der Waals surface area contributed by atoms with E-state index in [1.54, 1.807) is 30.3 Å². The second-order valence-corrected chi connectivity index (χ2v) is 5.34. The molecular formula is C12H17N5OS. The monoisotopic (exact) mass is 279 g/mol. The SMILES string of the molecule is CCc1cc2c(N(C)CC(N)=O)nc(NC)nc2s1. The summed E-state index contributed by atoms with van der Waals surface area (Å²) in [4.78, 5) is 23.8. The van der Waals surface area contributed by atoms with Gasteiger partial charge in [-0.3, -0.25) is 4.79 Å². The van der Waals surface area contributed by atoms with Gasteiger partial charge in [-0.15, -0.1) is 11.3 Å². The van der Waals surface area contributed by atoms with Crippen LogP contribution in [0.25, 0.3) is 10.2 Å². The molecule has 0 aliphatic carbocycles. The van der Waals surface area contributed by atoms with Gasteiger partial charge >= 0.3 is 0 Å². The number of nitrogens with two attached hydrogens (primary N) is 1. The van der Waals surface area contributed by atoms with Gasteiger partial charge in [0.15, 0.2) is 0 Å². The van der Waals surface area contributed by atoms with Crippen molar-refractivity contribution >= 4 is 39.2 Å². The number of carbonyl (C=O) groups excluding carboxylic acids is 1. The van der Waals surface area contributed by atoms with Gasteiger partial charge in [0, 0.05) is 19.0 Å². The zero-order valence-corrected chi connectivity index (χ0v) is 12.0. The van der Waals surface area contributed by atoms with Crippen molar-refractivity contribution in [1.82, 2.24) is 9.97 Å². The van der Waals surface area contributed by atoms with Crippen LogP contribution in [0.5, 0.6) is 0 Å². The molecule has 0 aromatic carbocycles. The summed E-state index contributed by atoms with van der Waals surface area (Å²) in [6, 6.07) is 2.08. The van der Waals surface area contributed by atoms with Gasteiger partial charge in [-0.2, -0.15) is 4.98 Å². The Hall–Kier alpha value is -1.89. The van der Waals surface area contributed by atoms with Crippen LogP contribution in [0.2, 0.25) is 0 Å². The van der Waals surface area contributed by atoms with Crippen LogP contribution in [-0.4, -0.2) is 36.5 Å². The first-order chi connectivity index (χ1) is 9.05. The number of aromatic nitrogens is 2. The average molecular weight is 279 g/mol. The van der Waals surface area contributed by atoms with E-state index in [2.05, 4.69) is 28.3 Å². The number of aryl methyl sites for hydroxylation is 1. The average Bonchev–Trinajstić information content (AvgIpc) is 2.79. The Morgan fingerprint density at radius 2 is 2.26 bits per heavy atom. The number of anilines is 2. The Bertz CT molecular complexity index is 609. The lowest BCUT2D eigenvalue weighted by Crippen LogP contribution is -2.31. The maximum atomic E-state index is 11.1. The van der Waals surface area contributed by atoms with Crippen molar-refractivity contribution in [3.63, 3.8) is 0 Å². The molecule has 0 atom stereocenters. The largest absolute Gasteiger partial charge is 0.368 e. The van der Waals surface area contributed by atoms with E-state index in [9.17, 15) is 4.79 Å². The maximum Gasteiger partial charge on any atom is 0.236 e. The third-order valence-corrected chi connectivity index (χ3v) is 3.92. The van der Waals surface area contributed by atoms with Crippen LogP contribution < -0.4 is 16.0 Å². The Morgan fingerprint density at radius 3 is 2.84 bits per heavy atom. The molecule has 2 aromatic heterocycles. The number of nitrogens with one attached hydrogen (secondary N) is 1. The lowest BCUT2D eigenvalue weighted by Gasteiger charge is -2.17. The molecule has 0 fully saturated rings. The predicted octanol–water partition coefficient (Wildman–Crippen LogP) is 1.22. The van der Waals surface area contributed by atoms with E-state index < -0.39 is 0 Å². The molecule has 2 heterocycles. The number of amides is 1. The quantitative estimate of drug-likeness (QED) is 0.859. The number of fused-ring (bicyclic) bond motifs is 1. The van der Waals surface area contributed by atoms with E-state index in [4.69, 9.17) is 5.73 Å². The van der Waals surface area contributed by atoms with Crippen LogP contribution in [0.4, 0.5) is 11.8 Å². The number of hydrogen-bond acceptors (Lipinski definition) is 6. The topological polar surface area (TPSA) is 84.1 Å². The molecular weight excluding hydrogens is 262 g/mol. The molecule has 0 unspecified atom stereocenters. The normalized spacial score (nSPS) is 10.7. The zero-order chi connectivity index (χ0) is 14.0. The Labute approximate surface area is 115 Å². The highest BCUT2D eigenvalue weighted by Crippen LogP contribution is 2.31. The molecule has 102 valence electrons. The van der Waals surface area contributed by atoms with E-state index in [0.717, 1.165) is 22.5 Å². The minimum atomic E-state index is -0.383. The number of thiophene rings is 1. The van der Waals surface area contributed by atoms with Crippen molar-refractivity contribution in [3.05, 3.63) is 10.9 Å². The van der Waals surface area contributed by atoms with Crippen LogP contribution in [0.15, 0.2) is 6.07 Å². The molecule has 0 aliphatic rings. The number of rotatable bonds is 5. The molecule has 7 heteroatoms. The van der Waals surface area contributed by atoms with E-state index in [-0.39, 0.29) is 12.5 Å². The number of hydrogen-bond donors (Lipinski definition) is 2. The van der Waals surface area contributed by atoms with E-state index in [0.29, 0.717) is 5.95 Å². The molecule has 0 spiro atoms. The molecule has 0 aliphatic heterocycles. The Kier molecular flexibility index (Phi) is 3.84. The van der Waals surface area contributed by atoms with Gasteiger partial charge in [0.25, 0.3) is 0 Å². The second-order valence-electron chi connectivity index (χ2n) is 4.23. The van der Waals surface area contributed by atoms with Gasteiger partial charge in [-0.1, -0.05) is 6.92 Å². The molecule has 0 saturated carbocycles. The fourth-order valence-electron chi connectivity index (χ4n) is 1.84. The highest BCUT2D eigenvalue weighted by Gasteiger charge is 2.15. The van der Waals surface area contributed by atoms with Gasteiger partial charge < -0.3 is 16.0 Å². The van der Waals surface area contributed by atoms with Gasteiger partial charge in [0.05, 0.1) is 11.9 Å². The van der Waals surface area contributed by atoms with Crippen LogP contribution in [0.1, 0.15) is 11.8 Å². The van der Waals surface area contributed by atoms with E-state index in [1.165, 1.54) is 4.88 Å². The van der Waals surface area contributed by atoms with Gasteiger partial charge in [-0.25, -0.2) is 4.98 Å². The van der Waals surface area contributed by atoms with Crippen LogP contribution in [-0.2, 0) is 11.2 Å². The standard InChI is InChI=1S/C12H17N5OS/c1-4-7-5-8-10(17(3)6-9(13)18)15-12(14-2)16-11(8)19-7/h5H,4,6H2,1-3H3,(H2,13,18)(H,14,15,16). The van der Waals surface area contributed by atoms with Crippen molar-refractivity contribution < 1.29 is 4.79 Å². The van der Waals surface area contributed by atoms with Crippen LogP contribution in [0, 0.1) is 0 Å². The summed E-state index contributed by atoms with van der Waals surface area (Å²) in [5.74, 6) is 0.888. The molecule has 0 bridgehead atoms. The molecule has 0 radical (unpaired) electrons. The highest BCUT2D eigenvalue weighted by atomic mass is 32.1. The first kappa shape index (κ1) is 13.5. The van der Waals surface area contributed by atoms with Gasteiger partial charge in [0.2, 0.25) is 11.9 Å². The van der Waals surface area contributed by atoms with Crippen molar-refractivity contribution in [1.29, 1.82) is 0 Å². The molecule has 2 aromatic rings. The van der Waals surface area contributed by atoms with Crippen molar-refractivity contribution in [2.24, 2.45) is 5.73 Å². The Balaban J connectivity index is 2.55. The number of nitrogens with zero attached hydrogens (tertiary/aromatic N) is 3. The lowest BCUT2D eigenvalue weighted by atomic mass is 10.3. The van der Waals surface area contributed by atoms with Crippen molar-refractivity contribution in [3.8, 4) is 0 Å². The summed E-state index contributed by atoms with van der Waals surface area (Å²) < 4.78 is 0. The molecule has 0 saturated heterocycles. The number of carbonyl (C=O) groups is 1. The summed E-state index contributed by atoms with van der Waals surface area (Å²) in [6.07, 6.45) is 0.953. The van der Waals surface area contributed by atoms with E-state index >= 15 is 0 Å². The zero-order valence-electron chi connectivity index (χ0n) is 11.2. The number of likely N-dealkylation sites (N-methyl/N-ethyl adjacent to an activating group) is 1. The summed E-state index contributed by atoms with van der Waals surface area (Å²) >= 11 is 1.64. The lowest BCUT2D eigenvalue weighted by molar-refractivity contribution is -0.116. The summed E-state index contributed by atoms with van der Waals surface area (Å²) in [6.45, 7) is 2.23. The molecule has 19 heavy (non-hydrogen) atoms. The third-order valence-electron chi connectivity index (χ3n) is 2.75. The number of primary amides is 1. The maximum absolute atomic E-state index is 11.1.